The van der Waals surface area contributed by atoms with E-state index in [1.54, 1.807) is 53.4 Å². The minimum atomic E-state index is -0.701. The maximum absolute atomic E-state index is 14.0. The third kappa shape index (κ3) is 4.55. The first-order chi connectivity index (χ1) is 17.4. The van der Waals surface area contributed by atoms with Gasteiger partial charge in [0.2, 0.25) is 5.91 Å². The first-order valence-electron chi connectivity index (χ1n) is 11.9. The SMILES string of the molecule is O=C1[C@H](CC[C@H](O)c2ccccc2)[C@@H](c2ccc(-c3ccc(O)cc3)c(O)c2)N1c1cccc(F)c1. The van der Waals surface area contributed by atoms with Gasteiger partial charge in [-0.25, -0.2) is 4.39 Å². The fourth-order valence-corrected chi connectivity index (χ4v) is 4.92. The number of phenolic OH excluding ortho intramolecular Hbond substituents is 2. The Balaban J connectivity index is 1.44. The lowest BCUT2D eigenvalue weighted by Gasteiger charge is -2.48. The highest BCUT2D eigenvalue weighted by Gasteiger charge is 2.48. The van der Waals surface area contributed by atoms with Crippen molar-refractivity contribution < 1.29 is 24.5 Å². The Kier molecular flexibility index (Phi) is 6.44. The molecule has 1 aliphatic rings. The summed E-state index contributed by atoms with van der Waals surface area (Å²) < 4.78 is 14.0. The van der Waals surface area contributed by atoms with Gasteiger partial charge in [0.05, 0.1) is 18.1 Å². The lowest BCUT2D eigenvalue weighted by Crippen LogP contribution is -2.55. The number of hydrogen-bond acceptors (Lipinski definition) is 4. The van der Waals surface area contributed by atoms with E-state index in [9.17, 15) is 24.5 Å². The molecule has 0 aromatic heterocycles. The molecule has 4 aromatic carbocycles. The molecule has 182 valence electrons. The molecule has 0 radical (unpaired) electrons. The van der Waals surface area contributed by atoms with Crippen LogP contribution in [0.4, 0.5) is 10.1 Å². The standard InChI is InChI=1S/C30H26FNO4/c31-22-7-4-8-23(18-22)32-29(26(30(32)36)15-16-27(34)20-5-2-1-3-6-20)21-11-14-25(28(35)17-21)19-9-12-24(33)13-10-19/h1-14,17-18,26-27,29,33-35H,15-16H2/t26-,27+,29-/m1/s1. The van der Waals surface area contributed by atoms with Gasteiger partial charge in [-0.15, -0.1) is 0 Å². The first kappa shape index (κ1) is 23.6. The number of aliphatic hydroxyl groups is 1. The molecule has 3 N–H and O–H groups in total. The molecular weight excluding hydrogens is 457 g/mol. The second-order valence-electron chi connectivity index (χ2n) is 9.07. The topological polar surface area (TPSA) is 81.0 Å². The van der Waals surface area contributed by atoms with Crippen LogP contribution in [0.3, 0.4) is 0 Å². The molecule has 0 unspecified atom stereocenters. The number of carbonyl (C=O) groups is 1. The minimum Gasteiger partial charge on any atom is -0.508 e. The van der Waals surface area contributed by atoms with E-state index in [1.807, 2.05) is 36.4 Å². The van der Waals surface area contributed by atoms with Gasteiger partial charge >= 0.3 is 0 Å². The summed E-state index contributed by atoms with van der Waals surface area (Å²) in [5, 5.41) is 31.0. The van der Waals surface area contributed by atoms with Crippen LogP contribution in [-0.4, -0.2) is 21.2 Å². The second-order valence-corrected chi connectivity index (χ2v) is 9.07. The lowest BCUT2D eigenvalue weighted by molar-refractivity contribution is -0.131. The molecule has 1 amide bonds. The number of phenols is 2. The molecule has 5 nitrogen and oxygen atoms in total. The molecule has 3 atom stereocenters. The maximum Gasteiger partial charge on any atom is 0.233 e. The van der Waals surface area contributed by atoms with Gasteiger partial charge in [-0.1, -0.05) is 60.7 Å². The first-order valence-corrected chi connectivity index (χ1v) is 11.9. The summed E-state index contributed by atoms with van der Waals surface area (Å²) in [7, 11) is 0. The van der Waals surface area contributed by atoms with Gasteiger partial charge in [0.15, 0.2) is 0 Å². The van der Waals surface area contributed by atoms with E-state index in [0.29, 0.717) is 24.1 Å². The van der Waals surface area contributed by atoms with Crippen LogP contribution in [0.1, 0.15) is 36.1 Å². The molecule has 1 heterocycles. The third-order valence-electron chi connectivity index (χ3n) is 6.78. The zero-order chi connectivity index (χ0) is 25.2. The van der Waals surface area contributed by atoms with Crippen LogP contribution >= 0.6 is 0 Å². The summed E-state index contributed by atoms with van der Waals surface area (Å²) in [4.78, 5) is 14.8. The van der Waals surface area contributed by atoms with Gasteiger partial charge in [-0.05, 0) is 65.9 Å². The van der Waals surface area contributed by atoms with Gasteiger partial charge in [-0.2, -0.15) is 0 Å². The van der Waals surface area contributed by atoms with Crippen molar-refractivity contribution in [2.45, 2.75) is 25.0 Å². The van der Waals surface area contributed by atoms with Crippen molar-refractivity contribution in [3.8, 4) is 22.6 Å². The van der Waals surface area contributed by atoms with Gasteiger partial charge in [0.25, 0.3) is 0 Å². The number of nitrogens with zero attached hydrogens (tertiary/aromatic N) is 1. The Morgan fingerprint density at radius 3 is 2.31 bits per heavy atom. The summed E-state index contributed by atoms with van der Waals surface area (Å²) in [6.45, 7) is 0. The number of carbonyl (C=O) groups excluding carboxylic acids is 1. The zero-order valence-electron chi connectivity index (χ0n) is 19.5. The molecule has 1 aliphatic heterocycles. The van der Waals surface area contributed by atoms with Crippen molar-refractivity contribution in [3.05, 3.63) is 114 Å². The Bertz CT molecular complexity index is 1370. The summed E-state index contributed by atoms with van der Waals surface area (Å²) in [5.74, 6) is -0.833. The Morgan fingerprint density at radius 2 is 1.61 bits per heavy atom. The molecular formula is C30H26FNO4. The van der Waals surface area contributed by atoms with E-state index in [4.69, 9.17) is 0 Å². The highest BCUT2D eigenvalue weighted by atomic mass is 19.1. The molecule has 0 spiro atoms. The molecule has 0 bridgehead atoms. The highest BCUT2D eigenvalue weighted by Crippen LogP contribution is 2.47. The number of rotatable bonds is 7. The molecule has 0 aliphatic carbocycles. The normalized spacial score (nSPS) is 18.1. The number of anilines is 1. The Labute approximate surface area is 208 Å². The van der Waals surface area contributed by atoms with Crippen LogP contribution in [0, 0.1) is 11.7 Å². The summed E-state index contributed by atoms with van der Waals surface area (Å²) in [6.07, 6.45) is 0.130. The largest absolute Gasteiger partial charge is 0.508 e. The van der Waals surface area contributed by atoms with Crippen LogP contribution in [0.25, 0.3) is 11.1 Å². The van der Waals surface area contributed by atoms with Crippen molar-refractivity contribution in [2.24, 2.45) is 5.92 Å². The summed E-state index contributed by atoms with van der Waals surface area (Å²) in [6, 6.07) is 26.6. The number of benzene rings is 4. The summed E-state index contributed by atoms with van der Waals surface area (Å²) >= 11 is 0. The molecule has 4 aromatic rings. The van der Waals surface area contributed by atoms with Crippen molar-refractivity contribution >= 4 is 11.6 Å². The number of hydrogen-bond donors (Lipinski definition) is 3. The van der Waals surface area contributed by atoms with Crippen molar-refractivity contribution in [1.29, 1.82) is 0 Å². The van der Waals surface area contributed by atoms with Gasteiger partial charge < -0.3 is 20.2 Å². The lowest BCUT2D eigenvalue weighted by atomic mass is 9.78. The average molecular weight is 484 g/mol. The zero-order valence-corrected chi connectivity index (χ0v) is 19.5. The molecule has 5 rings (SSSR count). The molecule has 6 heteroatoms. The highest BCUT2D eigenvalue weighted by molar-refractivity contribution is 6.03. The van der Waals surface area contributed by atoms with E-state index >= 15 is 0 Å². The van der Waals surface area contributed by atoms with Crippen LogP contribution in [0.15, 0.2) is 97.1 Å². The molecule has 1 saturated heterocycles. The molecule has 0 saturated carbocycles. The average Bonchev–Trinajstić information content (AvgIpc) is 2.88. The van der Waals surface area contributed by atoms with E-state index in [-0.39, 0.29) is 17.4 Å². The monoisotopic (exact) mass is 483 g/mol. The number of aromatic hydroxyl groups is 2. The maximum atomic E-state index is 14.0. The Hall–Kier alpha value is -4.16. The van der Waals surface area contributed by atoms with Crippen LogP contribution < -0.4 is 4.90 Å². The van der Waals surface area contributed by atoms with Gasteiger partial charge in [0, 0.05) is 11.3 Å². The third-order valence-corrected chi connectivity index (χ3v) is 6.78. The van der Waals surface area contributed by atoms with Crippen molar-refractivity contribution in [1.82, 2.24) is 0 Å². The van der Waals surface area contributed by atoms with Gasteiger partial charge in [-0.3, -0.25) is 4.79 Å². The predicted molar refractivity (Wildman–Crippen MR) is 136 cm³/mol. The summed E-state index contributed by atoms with van der Waals surface area (Å²) in [5.41, 5.74) is 3.30. The van der Waals surface area contributed by atoms with Crippen molar-refractivity contribution in [3.63, 3.8) is 0 Å². The number of amides is 1. The Morgan fingerprint density at radius 1 is 0.861 bits per heavy atom. The van der Waals surface area contributed by atoms with Crippen LogP contribution in [0.2, 0.25) is 0 Å². The fraction of sp³-hybridized carbons (Fsp3) is 0.167. The number of aliphatic hydroxyl groups excluding tert-OH is 1. The van der Waals surface area contributed by atoms with Gasteiger partial charge in [0.1, 0.15) is 17.3 Å². The fourth-order valence-electron chi connectivity index (χ4n) is 4.92. The van der Waals surface area contributed by atoms with Crippen LogP contribution in [-0.2, 0) is 4.79 Å². The number of halogens is 1. The predicted octanol–water partition coefficient (Wildman–Crippen LogP) is 6.12. The minimum absolute atomic E-state index is 0.0415. The van der Waals surface area contributed by atoms with E-state index < -0.39 is 23.9 Å². The van der Waals surface area contributed by atoms with E-state index in [1.165, 1.54) is 12.1 Å². The number of β-lactam (4-membered cyclic amide) rings is 1. The molecule has 1 fully saturated rings. The smallest absolute Gasteiger partial charge is 0.233 e. The van der Waals surface area contributed by atoms with Crippen molar-refractivity contribution in [2.75, 3.05) is 4.90 Å². The molecule has 36 heavy (non-hydrogen) atoms. The second kappa shape index (κ2) is 9.84. The van der Waals surface area contributed by atoms with Crippen LogP contribution in [0.5, 0.6) is 11.5 Å². The van der Waals surface area contributed by atoms with E-state index in [2.05, 4.69) is 0 Å². The quantitative estimate of drug-likeness (QED) is 0.277. The van der Waals surface area contributed by atoms with E-state index in [0.717, 1.165) is 16.7 Å².